The van der Waals surface area contributed by atoms with E-state index in [-0.39, 0.29) is 25.1 Å². The SMILES string of the molecule is Cc1ccoc1C(C)Nc1cccc(C(=O)NCCO)c1C. The van der Waals surface area contributed by atoms with Crippen LogP contribution in [0.1, 0.15) is 40.2 Å². The summed E-state index contributed by atoms with van der Waals surface area (Å²) in [4.78, 5) is 12.1. The molecule has 0 aliphatic rings. The number of amides is 1. The highest BCUT2D eigenvalue weighted by atomic mass is 16.3. The molecule has 0 bridgehead atoms. The van der Waals surface area contributed by atoms with Crippen LogP contribution in [0.4, 0.5) is 5.69 Å². The van der Waals surface area contributed by atoms with Crippen LogP contribution >= 0.6 is 0 Å². The van der Waals surface area contributed by atoms with Crippen molar-refractivity contribution >= 4 is 11.6 Å². The first-order valence-electron chi connectivity index (χ1n) is 7.33. The zero-order chi connectivity index (χ0) is 16.1. The van der Waals surface area contributed by atoms with Crippen molar-refractivity contribution in [3.63, 3.8) is 0 Å². The van der Waals surface area contributed by atoms with Crippen molar-refractivity contribution in [2.75, 3.05) is 18.5 Å². The summed E-state index contributed by atoms with van der Waals surface area (Å²) < 4.78 is 5.50. The molecule has 5 nitrogen and oxygen atoms in total. The molecule has 2 aromatic rings. The molecule has 118 valence electrons. The average molecular weight is 302 g/mol. The number of aryl methyl sites for hydroxylation is 1. The maximum atomic E-state index is 12.1. The van der Waals surface area contributed by atoms with E-state index in [0.717, 1.165) is 22.6 Å². The average Bonchev–Trinajstić information content (AvgIpc) is 2.93. The first-order chi connectivity index (χ1) is 10.5. The van der Waals surface area contributed by atoms with Crippen LogP contribution < -0.4 is 10.6 Å². The predicted octanol–water partition coefficient (Wildman–Crippen LogP) is 2.79. The van der Waals surface area contributed by atoms with Crippen molar-refractivity contribution < 1.29 is 14.3 Å². The van der Waals surface area contributed by atoms with Crippen LogP contribution in [0.25, 0.3) is 0 Å². The number of carbonyl (C=O) groups excluding carboxylic acids is 1. The zero-order valence-corrected chi connectivity index (χ0v) is 13.1. The minimum Gasteiger partial charge on any atom is -0.467 e. The van der Waals surface area contributed by atoms with Gasteiger partial charge in [0.25, 0.3) is 5.91 Å². The van der Waals surface area contributed by atoms with Crippen molar-refractivity contribution in [2.24, 2.45) is 0 Å². The van der Waals surface area contributed by atoms with Crippen molar-refractivity contribution in [2.45, 2.75) is 26.8 Å². The van der Waals surface area contributed by atoms with Crippen LogP contribution in [0.15, 0.2) is 34.9 Å². The molecule has 0 spiro atoms. The smallest absolute Gasteiger partial charge is 0.251 e. The molecule has 0 radical (unpaired) electrons. The number of aliphatic hydroxyl groups is 1. The minimum absolute atomic E-state index is 0.00412. The van der Waals surface area contributed by atoms with E-state index in [9.17, 15) is 4.79 Å². The highest BCUT2D eigenvalue weighted by Crippen LogP contribution is 2.26. The number of furan rings is 1. The van der Waals surface area contributed by atoms with Gasteiger partial charge in [-0.1, -0.05) is 6.07 Å². The first-order valence-corrected chi connectivity index (χ1v) is 7.33. The highest BCUT2D eigenvalue weighted by molar-refractivity contribution is 5.97. The van der Waals surface area contributed by atoms with Gasteiger partial charge in [0, 0.05) is 17.8 Å². The Bertz CT molecular complexity index is 649. The second kappa shape index (κ2) is 7.13. The third-order valence-electron chi connectivity index (χ3n) is 3.64. The van der Waals surface area contributed by atoms with E-state index in [4.69, 9.17) is 9.52 Å². The van der Waals surface area contributed by atoms with E-state index in [1.54, 1.807) is 12.3 Å². The molecule has 1 unspecified atom stereocenters. The third kappa shape index (κ3) is 3.49. The summed E-state index contributed by atoms with van der Waals surface area (Å²) in [6.07, 6.45) is 1.68. The van der Waals surface area contributed by atoms with Gasteiger partial charge in [-0.3, -0.25) is 4.79 Å². The molecule has 22 heavy (non-hydrogen) atoms. The normalized spacial score (nSPS) is 12.0. The van der Waals surface area contributed by atoms with Gasteiger partial charge in [-0.05, 0) is 50.1 Å². The molecular formula is C17H22N2O3. The summed E-state index contributed by atoms with van der Waals surface area (Å²) >= 11 is 0. The maximum Gasteiger partial charge on any atom is 0.251 e. The number of aliphatic hydroxyl groups excluding tert-OH is 1. The van der Waals surface area contributed by atoms with Gasteiger partial charge in [-0.2, -0.15) is 0 Å². The largest absolute Gasteiger partial charge is 0.467 e. The lowest BCUT2D eigenvalue weighted by Crippen LogP contribution is -2.27. The standard InChI is InChI=1S/C17H22N2O3/c1-11-7-10-22-16(11)13(3)19-15-6-4-5-14(12(15)2)17(21)18-8-9-20/h4-7,10,13,19-20H,8-9H2,1-3H3,(H,18,21). The van der Waals surface area contributed by atoms with Gasteiger partial charge in [0.1, 0.15) is 5.76 Å². The summed E-state index contributed by atoms with van der Waals surface area (Å²) in [6.45, 7) is 6.10. The molecule has 1 aromatic heterocycles. The summed E-state index contributed by atoms with van der Waals surface area (Å²) in [5, 5.41) is 14.9. The van der Waals surface area contributed by atoms with Gasteiger partial charge in [0.2, 0.25) is 0 Å². The fourth-order valence-corrected chi connectivity index (χ4v) is 2.43. The Kier molecular flexibility index (Phi) is 5.22. The van der Waals surface area contributed by atoms with E-state index in [1.807, 2.05) is 39.0 Å². The Morgan fingerprint density at radius 1 is 1.32 bits per heavy atom. The number of carbonyl (C=O) groups is 1. The molecular weight excluding hydrogens is 280 g/mol. The summed E-state index contributed by atoms with van der Waals surface area (Å²) in [6, 6.07) is 7.48. The molecule has 1 atom stereocenters. The van der Waals surface area contributed by atoms with Crippen molar-refractivity contribution in [3.8, 4) is 0 Å². The lowest BCUT2D eigenvalue weighted by atomic mass is 10.0. The van der Waals surface area contributed by atoms with Gasteiger partial charge in [-0.15, -0.1) is 0 Å². The third-order valence-corrected chi connectivity index (χ3v) is 3.64. The van der Waals surface area contributed by atoms with E-state index >= 15 is 0 Å². The lowest BCUT2D eigenvalue weighted by Gasteiger charge is -2.17. The van der Waals surface area contributed by atoms with Gasteiger partial charge in [0.05, 0.1) is 18.9 Å². The fraction of sp³-hybridized carbons (Fsp3) is 0.353. The number of hydrogen-bond donors (Lipinski definition) is 3. The van der Waals surface area contributed by atoms with E-state index in [2.05, 4.69) is 10.6 Å². The first kappa shape index (κ1) is 16.1. The van der Waals surface area contributed by atoms with Gasteiger partial charge in [0.15, 0.2) is 0 Å². The number of benzene rings is 1. The summed E-state index contributed by atoms with van der Waals surface area (Å²) in [5.74, 6) is 0.701. The van der Waals surface area contributed by atoms with E-state index < -0.39 is 0 Å². The molecule has 0 aliphatic carbocycles. The molecule has 0 saturated carbocycles. The highest BCUT2D eigenvalue weighted by Gasteiger charge is 2.15. The topological polar surface area (TPSA) is 74.5 Å². The molecule has 1 heterocycles. The number of nitrogens with one attached hydrogen (secondary N) is 2. The van der Waals surface area contributed by atoms with Crippen molar-refractivity contribution in [3.05, 3.63) is 53.0 Å². The molecule has 2 rings (SSSR count). The van der Waals surface area contributed by atoms with Crippen LogP contribution in [-0.4, -0.2) is 24.2 Å². The van der Waals surface area contributed by atoms with Crippen LogP contribution in [-0.2, 0) is 0 Å². The molecule has 1 aromatic carbocycles. The zero-order valence-electron chi connectivity index (χ0n) is 13.1. The maximum absolute atomic E-state index is 12.1. The molecule has 0 aliphatic heterocycles. The fourth-order valence-electron chi connectivity index (χ4n) is 2.43. The summed E-state index contributed by atoms with van der Waals surface area (Å²) in [7, 11) is 0. The molecule has 0 saturated heterocycles. The van der Waals surface area contributed by atoms with Crippen molar-refractivity contribution in [1.82, 2.24) is 5.32 Å². The van der Waals surface area contributed by atoms with Crippen LogP contribution in [0.2, 0.25) is 0 Å². The summed E-state index contributed by atoms with van der Waals surface area (Å²) in [5.41, 5.74) is 3.45. The van der Waals surface area contributed by atoms with Crippen LogP contribution in [0.3, 0.4) is 0 Å². The number of hydrogen-bond acceptors (Lipinski definition) is 4. The predicted molar refractivity (Wildman–Crippen MR) is 86.1 cm³/mol. The molecule has 5 heteroatoms. The Balaban J connectivity index is 2.18. The molecule has 3 N–H and O–H groups in total. The van der Waals surface area contributed by atoms with Crippen LogP contribution in [0, 0.1) is 13.8 Å². The van der Waals surface area contributed by atoms with Crippen molar-refractivity contribution in [1.29, 1.82) is 0 Å². The second-order valence-electron chi connectivity index (χ2n) is 5.29. The molecule has 0 fully saturated rings. The number of anilines is 1. The van der Waals surface area contributed by atoms with Gasteiger partial charge in [-0.25, -0.2) is 0 Å². The Hall–Kier alpha value is -2.27. The van der Waals surface area contributed by atoms with E-state index in [1.165, 1.54) is 0 Å². The Morgan fingerprint density at radius 3 is 2.73 bits per heavy atom. The Labute approximate surface area is 130 Å². The lowest BCUT2D eigenvalue weighted by molar-refractivity contribution is 0.0944. The Morgan fingerprint density at radius 2 is 2.09 bits per heavy atom. The number of rotatable bonds is 6. The second-order valence-corrected chi connectivity index (χ2v) is 5.29. The quantitative estimate of drug-likeness (QED) is 0.767. The monoisotopic (exact) mass is 302 g/mol. The molecule has 1 amide bonds. The van der Waals surface area contributed by atoms with Gasteiger partial charge < -0.3 is 20.2 Å². The van der Waals surface area contributed by atoms with E-state index in [0.29, 0.717) is 5.56 Å². The van der Waals surface area contributed by atoms with Gasteiger partial charge >= 0.3 is 0 Å². The van der Waals surface area contributed by atoms with Crippen LogP contribution in [0.5, 0.6) is 0 Å². The minimum atomic E-state index is -0.183.